The summed E-state index contributed by atoms with van der Waals surface area (Å²) in [6.45, 7) is 1.62. The van der Waals surface area contributed by atoms with E-state index in [9.17, 15) is 19.2 Å². The second kappa shape index (κ2) is 14.4. The molecule has 0 saturated carbocycles. The van der Waals surface area contributed by atoms with E-state index in [2.05, 4.69) is 20.0 Å². The first-order valence-electron chi connectivity index (χ1n) is 9.11. The van der Waals surface area contributed by atoms with Gasteiger partial charge in [-0.05, 0) is 25.7 Å². The number of hydrogen-bond acceptors (Lipinski definition) is 8. The number of nitrogens with zero attached hydrogens (tertiary/aromatic N) is 4. The normalized spacial score (nSPS) is 11.0. The molecule has 0 aromatic carbocycles. The molecule has 1 N–H and O–H groups in total. The predicted octanol–water partition coefficient (Wildman–Crippen LogP) is 0.823. The first-order valence-corrected chi connectivity index (χ1v) is 9.11. The number of aromatic amines is 1. The predicted molar refractivity (Wildman–Crippen MR) is 96.9 cm³/mol. The maximum atomic E-state index is 12.0. The van der Waals surface area contributed by atoms with E-state index in [0.29, 0.717) is 26.1 Å². The lowest BCUT2D eigenvalue weighted by Gasteiger charge is -2.02. The molecule has 0 bridgehead atoms. The third-order valence-corrected chi connectivity index (χ3v) is 3.83. The molecule has 0 aliphatic heterocycles. The van der Waals surface area contributed by atoms with Crippen LogP contribution in [-0.2, 0) is 16.1 Å². The van der Waals surface area contributed by atoms with Crippen LogP contribution in [0.5, 0.6) is 0 Å². The minimum atomic E-state index is -0.727. The van der Waals surface area contributed by atoms with Crippen molar-refractivity contribution in [3.8, 4) is 0 Å². The number of nitrogens with one attached hydrogen (secondary N) is 1. The topological polar surface area (TPSA) is 139 Å². The summed E-state index contributed by atoms with van der Waals surface area (Å²) in [7, 11) is 0. The Morgan fingerprint density at radius 3 is 1.93 bits per heavy atom. The fourth-order valence-corrected chi connectivity index (χ4v) is 2.41. The molecule has 0 aliphatic carbocycles. The Labute approximate surface area is 155 Å². The lowest BCUT2D eigenvalue weighted by Crippen LogP contribution is -2.40. The van der Waals surface area contributed by atoms with Crippen molar-refractivity contribution < 1.29 is 14.0 Å². The van der Waals surface area contributed by atoms with Gasteiger partial charge in [-0.2, -0.15) is 0 Å². The average molecular weight is 379 g/mol. The number of aliphatic imine (C=N–C) groups is 2. The SMILES string of the molecule is O=C=NCCCCCC/N=c1\[nH]c(=O)n(CCCCCCN=C=O)c(=O)o1. The van der Waals surface area contributed by atoms with Crippen LogP contribution in [0, 0.1) is 0 Å². The van der Waals surface area contributed by atoms with Gasteiger partial charge in [-0.25, -0.2) is 38.7 Å². The third kappa shape index (κ3) is 10.0. The van der Waals surface area contributed by atoms with Crippen LogP contribution in [0.2, 0.25) is 0 Å². The number of unbranched alkanes of at least 4 members (excludes halogenated alkanes) is 6. The van der Waals surface area contributed by atoms with Gasteiger partial charge in [0.1, 0.15) is 0 Å². The highest BCUT2D eigenvalue weighted by Gasteiger charge is 2.03. The van der Waals surface area contributed by atoms with Gasteiger partial charge in [-0.3, -0.25) is 4.98 Å². The number of H-pyrrole nitrogens is 1. The van der Waals surface area contributed by atoms with Gasteiger partial charge in [0.05, 0.1) is 13.1 Å². The number of aromatic nitrogens is 2. The molecule has 0 radical (unpaired) electrons. The molecule has 1 heterocycles. The van der Waals surface area contributed by atoms with Gasteiger partial charge < -0.3 is 4.42 Å². The monoisotopic (exact) mass is 379 g/mol. The summed E-state index contributed by atoms with van der Waals surface area (Å²) in [6.07, 6.45) is 9.46. The lowest BCUT2D eigenvalue weighted by molar-refractivity contribution is 0.346. The molecule has 27 heavy (non-hydrogen) atoms. The standard InChI is InChI=1S/C17H25N5O5/c23-13-18-9-5-1-2-7-11-20-15-21-16(25)22(17(26)27-15)12-8-4-3-6-10-19-14-24/h1-12H2,(H,20,21,25). The highest BCUT2D eigenvalue weighted by atomic mass is 16.4. The van der Waals surface area contributed by atoms with Crippen LogP contribution in [0.15, 0.2) is 29.0 Å². The Hall–Kier alpha value is -2.83. The molecule has 10 heteroatoms. The van der Waals surface area contributed by atoms with Crippen molar-refractivity contribution in [2.45, 2.75) is 57.9 Å². The van der Waals surface area contributed by atoms with E-state index in [0.717, 1.165) is 49.5 Å². The number of hydrogen-bond donors (Lipinski definition) is 1. The number of rotatable bonds is 14. The average Bonchev–Trinajstić information content (AvgIpc) is 2.65. The van der Waals surface area contributed by atoms with Crippen LogP contribution in [0.1, 0.15) is 51.4 Å². The van der Waals surface area contributed by atoms with Crippen molar-refractivity contribution in [3.05, 3.63) is 26.7 Å². The quantitative estimate of drug-likeness (QED) is 0.290. The van der Waals surface area contributed by atoms with Crippen LogP contribution < -0.4 is 17.1 Å². The molecule has 0 aliphatic rings. The molecule has 1 rings (SSSR count). The summed E-state index contributed by atoms with van der Waals surface area (Å²) in [6, 6.07) is 0. The first kappa shape index (κ1) is 22.2. The van der Waals surface area contributed by atoms with Gasteiger partial charge in [0, 0.05) is 13.1 Å². The molecule has 10 nitrogen and oxygen atoms in total. The van der Waals surface area contributed by atoms with Gasteiger partial charge in [0.2, 0.25) is 12.2 Å². The fourth-order valence-electron chi connectivity index (χ4n) is 2.41. The highest BCUT2D eigenvalue weighted by Crippen LogP contribution is 2.01. The summed E-state index contributed by atoms with van der Waals surface area (Å²) in [5.41, 5.74) is -0.610. The van der Waals surface area contributed by atoms with Crippen molar-refractivity contribution in [1.82, 2.24) is 9.55 Å². The van der Waals surface area contributed by atoms with Gasteiger partial charge in [0.15, 0.2) is 0 Å². The van der Waals surface area contributed by atoms with Crippen molar-refractivity contribution in [2.75, 3.05) is 19.6 Å². The van der Waals surface area contributed by atoms with Gasteiger partial charge in [-0.1, -0.05) is 25.7 Å². The third-order valence-electron chi connectivity index (χ3n) is 3.83. The Morgan fingerprint density at radius 2 is 1.37 bits per heavy atom. The van der Waals surface area contributed by atoms with Crippen molar-refractivity contribution in [1.29, 1.82) is 0 Å². The van der Waals surface area contributed by atoms with E-state index in [4.69, 9.17) is 4.42 Å². The highest BCUT2D eigenvalue weighted by molar-refractivity contribution is 5.32. The number of isocyanates is 2. The Morgan fingerprint density at radius 1 is 0.815 bits per heavy atom. The van der Waals surface area contributed by atoms with Crippen LogP contribution in [0.25, 0.3) is 0 Å². The molecule has 1 aromatic rings. The molecule has 0 unspecified atom stereocenters. The van der Waals surface area contributed by atoms with Gasteiger partial charge in [0.25, 0.3) is 0 Å². The molecule has 0 atom stereocenters. The molecule has 1 aromatic heterocycles. The minimum absolute atomic E-state index is 0.0708. The van der Waals surface area contributed by atoms with Crippen LogP contribution in [0.4, 0.5) is 0 Å². The molecule has 0 amide bonds. The summed E-state index contributed by atoms with van der Waals surface area (Å²) in [5, 5.41) is 0. The zero-order valence-electron chi connectivity index (χ0n) is 15.3. The van der Waals surface area contributed by atoms with E-state index in [1.807, 2.05) is 0 Å². The maximum Gasteiger partial charge on any atom is 0.425 e. The van der Waals surface area contributed by atoms with Crippen molar-refractivity contribution >= 4 is 12.2 Å². The van der Waals surface area contributed by atoms with Gasteiger partial charge in [-0.15, -0.1) is 0 Å². The second-order valence-corrected chi connectivity index (χ2v) is 5.91. The minimum Gasteiger partial charge on any atom is -0.375 e. The van der Waals surface area contributed by atoms with Gasteiger partial charge >= 0.3 is 17.1 Å². The molecule has 0 fully saturated rings. The first-order chi connectivity index (χ1) is 13.2. The Kier molecular flexibility index (Phi) is 11.8. The molecular formula is C17H25N5O5. The van der Waals surface area contributed by atoms with E-state index in [-0.39, 0.29) is 12.2 Å². The van der Waals surface area contributed by atoms with E-state index in [1.54, 1.807) is 0 Å². The molecule has 148 valence electrons. The van der Waals surface area contributed by atoms with E-state index >= 15 is 0 Å². The molecular weight excluding hydrogens is 354 g/mol. The summed E-state index contributed by atoms with van der Waals surface area (Å²) < 4.78 is 6.04. The largest absolute Gasteiger partial charge is 0.425 e. The zero-order valence-corrected chi connectivity index (χ0v) is 15.3. The molecule has 0 saturated heterocycles. The van der Waals surface area contributed by atoms with Crippen molar-refractivity contribution in [2.24, 2.45) is 15.0 Å². The summed E-state index contributed by atoms with van der Waals surface area (Å²) >= 11 is 0. The summed E-state index contributed by atoms with van der Waals surface area (Å²) in [5.74, 6) is -0.727. The molecule has 0 spiro atoms. The van der Waals surface area contributed by atoms with E-state index < -0.39 is 11.4 Å². The van der Waals surface area contributed by atoms with E-state index in [1.165, 1.54) is 12.2 Å². The van der Waals surface area contributed by atoms with Crippen molar-refractivity contribution in [3.63, 3.8) is 0 Å². The zero-order chi connectivity index (χ0) is 19.7. The Bertz CT molecular complexity index is 791. The van der Waals surface area contributed by atoms with Crippen LogP contribution >= 0.6 is 0 Å². The Balaban J connectivity index is 2.40. The maximum absolute atomic E-state index is 12.0. The van der Waals surface area contributed by atoms with Crippen LogP contribution in [-0.4, -0.2) is 41.3 Å². The summed E-state index contributed by atoms with van der Waals surface area (Å²) in [4.78, 5) is 57.2. The smallest absolute Gasteiger partial charge is 0.375 e. The fraction of sp³-hybridized carbons (Fsp3) is 0.706. The number of carbonyl (C=O) groups excluding carboxylic acids is 2. The second-order valence-electron chi connectivity index (χ2n) is 5.91. The van der Waals surface area contributed by atoms with Crippen LogP contribution in [0.3, 0.4) is 0 Å². The lowest BCUT2D eigenvalue weighted by atomic mass is 10.2.